The zero-order valence-electron chi connectivity index (χ0n) is 11.0. The standard InChI is InChI=1S/C16H13Cl2NO2/c17-11-5-3-4-10(8-11)13-9-15(16(20)21)19(18)14-7-2-1-6-12(13)14/h1-8,13,15H,9H2,(H,20,21). The Balaban J connectivity index is 2.12. The molecule has 0 saturated carbocycles. The molecule has 2 aromatic carbocycles. The lowest BCUT2D eigenvalue weighted by atomic mass is 9.82. The molecular formula is C16H13Cl2NO2. The van der Waals surface area contributed by atoms with Crippen LogP contribution >= 0.6 is 23.4 Å². The summed E-state index contributed by atoms with van der Waals surface area (Å²) in [4.78, 5) is 11.5. The van der Waals surface area contributed by atoms with Gasteiger partial charge in [-0.15, -0.1) is 0 Å². The number of hydrogen-bond donors (Lipinski definition) is 1. The number of para-hydroxylation sites is 1. The molecule has 5 heteroatoms. The van der Waals surface area contributed by atoms with Gasteiger partial charge in [-0.3, -0.25) is 4.42 Å². The molecule has 0 saturated heterocycles. The maximum absolute atomic E-state index is 11.5. The Morgan fingerprint density at radius 2 is 1.95 bits per heavy atom. The summed E-state index contributed by atoms with van der Waals surface area (Å²) in [5.41, 5.74) is 2.76. The number of carboxylic acid groups (broad SMARTS) is 1. The van der Waals surface area contributed by atoms with E-state index in [-0.39, 0.29) is 5.92 Å². The Bertz CT molecular complexity index is 689. The lowest BCUT2D eigenvalue weighted by Gasteiger charge is -2.36. The summed E-state index contributed by atoms with van der Waals surface area (Å²) < 4.78 is 1.32. The maximum Gasteiger partial charge on any atom is 0.327 e. The highest BCUT2D eigenvalue weighted by Crippen LogP contribution is 2.43. The largest absolute Gasteiger partial charge is 0.480 e. The zero-order valence-corrected chi connectivity index (χ0v) is 12.6. The predicted octanol–water partition coefficient (Wildman–Crippen LogP) is 4.29. The van der Waals surface area contributed by atoms with Gasteiger partial charge in [0.15, 0.2) is 0 Å². The first-order valence-corrected chi connectivity index (χ1v) is 7.31. The van der Waals surface area contributed by atoms with Crippen molar-refractivity contribution in [3.63, 3.8) is 0 Å². The van der Waals surface area contributed by atoms with Crippen LogP contribution in [0.4, 0.5) is 5.69 Å². The smallest absolute Gasteiger partial charge is 0.327 e. The molecule has 3 nitrogen and oxygen atoms in total. The molecule has 0 spiro atoms. The first-order valence-electron chi connectivity index (χ1n) is 6.60. The number of carboxylic acids is 1. The van der Waals surface area contributed by atoms with Gasteiger partial charge in [-0.05, 0) is 35.7 Å². The van der Waals surface area contributed by atoms with Crippen molar-refractivity contribution in [1.29, 1.82) is 0 Å². The van der Waals surface area contributed by atoms with Crippen molar-refractivity contribution in [1.82, 2.24) is 0 Å². The number of rotatable bonds is 2. The van der Waals surface area contributed by atoms with Crippen LogP contribution in [0.25, 0.3) is 0 Å². The molecule has 0 fully saturated rings. The van der Waals surface area contributed by atoms with E-state index in [4.69, 9.17) is 23.4 Å². The lowest BCUT2D eigenvalue weighted by Crippen LogP contribution is -2.40. The molecule has 2 aromatic rings. The van der Waals surface area contributed by atoms with Crippen LogP contribution in [-0.4, -0.2) is 17.1 Å². The molecule has 0 aliphatic carbocycles. The van der Waals surface area contributed by atoms with Gasteiger partial charge in [0.05, 0.1) is 5.69 Å². The fraction of sp³-hybridized carbons (Fsp3) is 0.188. The van der Waals surface area contributed by atoms with E-state index in [1.165, 1.54) is 4.42 Å². The van der Waals surface area contributed by atoms with Crippen LogP contribution in [0.15, 0.2) is 48.5 Å². The Labute approximate surface area is 132 Å². The number of fused-ring (bicyclic) bond motifs is 1. The molecule has 0 amide bonds. The number of nitrogens with zero attached hydrogens (tertiary/aromatic N) is 1. The Morgan fingerprint density at radius 3 is 2.67 bits per heavy atom. The van der Waals surface area contributed by atoms with E-state index < -0.39 is 12.0 Å². The van der Waals surface area contributed by atoms with Gasteiger partial charge in [-0.2, -0.15) is 0 Å². The van der Waals surface area contributed by atoms with Crippen LogP contribution in [0, 0.1) is 0 Å². The second-order valence-corrected chi connectivity index (χ2v) is 5.87. The van der Waals surface area contributed by atoms with E-state index in [0.29, 0.717) is 11.4 Å². The van der Waals surface area contributed by atoms with Crippen molar-refractivity contribution in [3.8, 4) is 0 Å². The summed E-state index contributed by atoms with van der Waals surface area (Å²) in [6.07, 6.45) is 0.413. The van der Waals surface area contributed by atoms with Gasteiger partial charge < -0.3 is 5.11 Å². The van der Waals surface area contributed by atoms with E-state index in [0.717, 1.165) is 16.8 Å². The molecule has 2 atom stereocenters. The van der Waals surface area contributed by atoms with Crippen molar-refractivity contribution in [3.05, 3.63) is 64.7 Å². The molecule has 3 rings (SSSR count). The molecule has 1 aliphatic rings. The summed E-state index contributed by atoms with van der Waals surface area (Å²) >= 11 is 12.3. The monoisotopic (exact) mass is 321 g/mol. The molecule has 1 heterocycles. The van der Waals surface area contributed by atoms with Gasteiger partial charge in [-0.25, -0.2) is 4.79 Å². The average Bonchev–Trinajstić information content (AvgIpc) is 2.47. The number of carbonyl (C=O) groups is 1. The Hall–Kier alpha value is -1.71. The minimum absolute atomic E-state index is 0.0315. The van der Waals surface area contributed by atoms with E-state index in [1.807, 2.05) is 48.5 Å². The Kier molecular flexibility index (Phi) is 3.79. The molecule has 2 unspecified atom stereocenters. The van der Waals surface area contributed by atoms with E-state index in [1.54, 1.807) is 0 Å². The van der Waals surface area contributed by atoms with Gasteiger partial charge in [0, 0.05) is 22.7 Å². The molecule has 108 valence electrons. The summed E-state index contributed by atoms with van der Waals surface area (Å²) in [7, 11) is 0. The first kappa shape index (κ1) is 14.2. The van der Waals surface area contributed by atoms with Gasteiger partial charge >= 0.3 is 5.97 Å². The third kappa shape index (κ3) is 2.59. The number of benzene rings is 2. The maximum atomic E-state index is 11.5. The van der Waals surface area contributed by atoms with E-state index in [9.17, 15) is 9.90 Å². The third-order valence-electron chi connectivity index (χ3n) is 3.81. The fourth-order valence-corrected chi connectivity index (χ4v) is 3.34. The van der Waals surface area contributed by atoms with Crippen molar-refractivity contribution in [2.75, 3.05) is 4.42 Å². The van der Waals surface area contributed by atoms with Crippen LogP contribution in [0.5, 0.6) is 0 Å². The predicted molar refractivity (Wildman–Crippen MR) is 84.1 cm³/mol. The van der Waals surface area contributed by atoms with Gasteiger partial charge in [0.2, 0.25) is 0 Å². The first-order chi connectivity index (χ1) is 10.1. The average molecular weight is 322 g/mol. The van der Waals surface area contributed by atoms with Crippen molar-refractivity contribution in [2.24, 2.45) is 0 Å². The molecule has 1 aliphatic heterocycles. The highest BCUT2D eigenvalue weighted by atomic mass is 35.5. The third-order valence-corrected chi connectivity index (χ3v) is 4.46. The van der Waals surface area contributed by atoms with E-state index >= 15 is 0 Å². The van der Waals surface area contributed by atoms with Crippen molar-refractivity contribution >= 4 is 35.0 Å². The lowest BCUT2D eigenvalue weighted by molar-refractivity contribution is -0.138. The highest BCUT2D eigenvalue weighted by molar-refractivity contribution is 6.30. The van der Waals surface area contributed by atoms with Crippen molar-refractivity contribution in [2.45, 2.75) is 18.4 Å². The molecule has 1 N–H and O–H groups in total. The fourth-order valence-electron chi connectivity index (χ4n) is 2.82. The van der Waals surface area contributed by atoms with Crippen LogP contribution < -0.4 is 4.42 Å². The molecule has 0 aromatic heterocycles. The number of anilines is 1. The Morgan fingerprint density at radius 1 is 1.19 bits per heavy atom. The summed E-state index contributed by atoms with van der Waals surface area (Å²) in [6.45, 7) is 0. The van der Waals surface area contributed by atoms with Crippen molar-refractivity contribution < 1.29 is 9.90 Å². The second-order valence-electron chi connectivity index (χ2n) is 5.07. The van der Waals surface area contributed by atoms with Gasteiger partial charge in [-0.1, -0.05) is 41.9 Å². The molecule has 21 heavy (non-hydrogen) atoms. The number of aliphatic carboxylic acids is 1. The minimum atomic E-state index is -0.925. The summed E-state index contributed by atoms with van der Waals surface area (Å²) in [5, 5.41) is 10.0. The number of hydrogen-bond acceptors (Lipinski definition) is 2. The summed E-state index contributed by atoms with van der Waals surface area (Å²) in [5.74, 6) is -0.956. The summed E-state index contributed by atoms with van der Waals surface area (Å²) in [6, 6.07) is 14.4. The quantitative estimate of drug-likeness (QED) is 0.839. The van der Waals surface area contributed by atoms with E-state index in [2.05, 4.69) is 0 Å². The number of halogens is 2. The van der Waals surface area contributed by atoms with Gasteiger partial charge in [0.1, 0.15) is 6.04 Å². The van der Waals surface area contributed by atoms with Crippen LogP contribution in [0.3, 0.4) is 0 Å². The SMILES string of the molecule is O=C(O)C1CC(c2cccc(Cl)c2)c2ccccc2N1Cl. The topological polar surface area (TPSA) is 40.5 Å². The van der Waals surface area contributed by atoms with Crippen LogP contribution in [0.2, 0.25) is 5.02 Å². The molecular weight excluding hydrogens is 309 g/mol. The molecule has 0 bridgehead atoms. The van der Waals surface area contributed by atoms with Crippen LogP contribution in [0.1, 0.15) is 23.5 Å². The second kappa shape index (κ2) is 5.58. The van der Waals surface area contributed by atoms with Gasteiger partial charge in [0.25, 0.3) is 0 Å². The minimum Gasteiger partial charge on any atom is -0.480 e. The van der Waals surface area contributed by atoms with Crippen LogP contribution in [-0.2, 0) is 4.79 Å². The normalized spacial score (nSPS) is 21.0. The molecule has 0 radical (unpaired) electrons. The zero-order chi connectivity index (χ0) is 15.0. The highest BCUT2D eigenvalue weighted by Gasteiger charge is 2.36.